The number of carbonyl (C=O) groups excluding carboxylic acids is 1. The lowest BCUT2D eigenvalue weighted by atomic mass is 9.74. The maximum absolute atomic E-state index is 13.9. The van der Waals surface area contributed by atoms with Crippen LogP contribution in [0, 0.1) is 11.3 Å². The molecule has 1 saturated carbocycles. The van der Waals surface area contributed by atoms with Gasteiger partial charge >= 0.3 is 5.97 Å². The first-order chi connectivity index (χ1) is 16.5. The normalized spacial score (nSPS) is 23.4. The molecule has 3 heterocycles. The van der Waals surface area contributed by atoms with Crippen molar-refractivity contribution in [3.8, 4) is 17.1 Å². The van der Waals surface area contributed by atoms with Gasteiger partial charge in [-0.05, 0) is 44.1 Å². The SMILES string of the molecule is CCOC(=O)c1cn2c(cc1=O)-c1c3cccc(OCC4CC(C)(F)C4)c3nn1CC2C(C)(C)C. The Morgan fingerprint density at radius 3 is 2.69 bits per heavy atom. The summed E-state index contributed by atoms with van der Waals surface area (Å²) in [4.78, 5) is 25.4. The quantitative estimate of drug-likeness (QED) is 0.471. The van der Waals surface area contributed by atoms with Crippen LogP contribution in [0.3, 0.4) is 0 Å². The van der Waals surface area contributed by atoms with Gasteiger partial charge in [0.05, 0.1) is 37.2 Å². The second-order valence-electron chi connectivity index (χ2n) is 11.1. The highest BCUT2D eigenvalue weighted by Gasteiger charge is 2.41. The lowest BCUT2D eigenvalue weighted by Crippen LogP contribution is -2.39. The largest absolute Gasteiger partial charge is 0.491 e. The number of esters is 1. The summed E-state index contributed by atoms with van der Waals surface area (Å²) in [5, 5.41) is 5.76. The van der Waals surface area contributed by atoms with Gasteiger partial charge in [0.1, 0.15) is 22.5 Å². The fourth-order valence-corrected chi connectivity index (χ4v) is 5.42. The Balaban J connectivity index is 1.60. The first-order valence-electron chi connectivity index (χ1n) is 12.2. The molecule has 1 atom stereocenters. The minimum Gasteiger partial charge on any atom is -0.491 e. The molecule has 2 aromatic heterocycles. The monoisotopic (exact) mass is 481 g/mol. The van der Waals surface area contributed by atoms with Gasteiger partial charge in [0.15, 0.2) is 5.43 Å². The van der Waals surface area contributed by atoms with Gasteiger partial charge in [-0.25, -0.2) is 9.18 Å². The van der Waals surface area contributed by atoms with Gasteiger partial charge < -0.3 is 14.0 Å². The van der Waals surface area contributed by atoms with Crippen LogP contribution in [0.25, 0.3) is 22.3 Å². The number of halogens is 1. The van der Waals surface area contributed by atoms with E-state index >= 15 is 0 Å². The minimum atomic E-state index is -1.09. The highest BCUT2D eigenvalue weighted by atomic mass is 19.1. The number of fused-ring (bicyclic) bond motifs is 5. The summed E-state index contributed by atoms with van der Waals surface area (Å²) in [6, 6.07) is 7.23. The highest BCUT2D eigenvalue weighted by molar-refractivity contribution is 5.97. The van der Waals surface area contributed by atoms with Gasteiger partial charge in [-0.1, -0.05) is 32.9 Å². The van der Waals surface area contributed by atoms with Crippen molar-refractivity contribution in [1.82, 2.24) is 14.3 Å². The van der Waals surface area contributed by atoms with E-state index in [1.54, 1.807) is 20.0 Å². The zero-order valence-electron chi connectivity index (χ0n) is 20.9. The fraction of sp³-hybridized carbons (Fsp3) is 0.519. The Bertz CT molecular complexity index is 1360. The number of hydrogen-bond donors (Lipinski definition) is 0. The van der Waals surface area contributed by atoms with Crippen molar-refractivity contribution in [2.75, 3.05) is 13.2 Å². The third-order valence-electron chi connectivity index (χ3n) is 7.13. The lowest BCUT2D eigenvalue weighted by molar-refractivity contribution is 0.00266. The molecule has 0 spiro atoms. The summed E-state index contributed by atoms with van der Waals surface area (Å²) < 4.78 is 29.1. The van der Waals surface area contributed by atoms with Crippen LogP contribution >= 0.6 is 0 Å². The van der Waals surface area contributed by atoms with Crippen molar-refractivity contribution in [1.29, 1.82) is 0 Å². The van der Waals surface area contributed by atoms with Crippen LogP contribution in [0.1, 0.15) is 63.9 Å². The standard InChI is InChI=1S/C27H32FN3O4/c1-6-34-25(33)18-13-30-19(10-20(18)32)24-17-8-7-9-21(35-15-16-11-27(5,28)12-16)23(17)29-31(24)14-22(30)26(2,3)4/h7-10,13,16,22H,6,11-12,14-15H2,1-5H3. The molecule has 1 aliphatic heterocycles. The summed E-state index contributed by atoms with van der Waals surface area (Å²) in [5.41, 5.74) is 0.638. The van der Waals surface area contributed by atoms with E-state index in [1.807, 2.05) is 27.4 Å². The van der Waals surface area contributed by atoms with Crippen LogP contribution < -0.4 is 10.2 Å². The van der Waals surface area contributed by atoms with Crippen molar-refractivity contribution >= 4 is 16.9 Å². The molecule has 1 unspecified atom stereocenters. The van der Waals surface area contributed by atoms with Crippen molar-refractivity contribution in [3.63, 3.8) is 0 Å². The number of rotatable bonds is 5. The summed E-state index contributed by atoms with van der Waals surface area (Å²) in [6.45, 7) is 11.0. The number of aromatic nitrogens is 3. The molecule has 35 heavy (non-hydrogen) atoms. The Hall–Kier alpha value is -3.16. The molecule has 0 radical (unpaired) electrons. The molecule has 1 aliphatic carbocycles. The average molecular weight is 482 g/mol. The minimum absolute atomic E-state index is 0.0338. The predicted molar refractivity (Wildman–Crippen MR) is 132 cm³/mol. The van der Waals surface area contributed by atoms with Gasteiger partial charge in [-0.15, -0.1) is 0 Å². The number of ether oxygens (including phenoxy) is 2. The van der Waals surface area contributed by atoms with Crippen LogP contribution in [0.2, 0.25) is 0 Å². The fourth-order valence-electron chi connectivity index (χ4n) is 5.42. The van der Waals surface area contributed by atoms with Crippen molar-refractivity contribution in [3.05, 3.63) is 46.2 Å². The van der Waals surface area contributed by atoms with E-state index in [4.69, 9.17) is 14.6 Å². The van der Waals surface area contributed by atoms with Crippen LogP contribution in [0.15, 0.2) is 35.3 Å². The Morgan fingerprint density at radius 1 is 1.29 bits per heavy atom. The summed E-state index contributed by atoms with van der Waals surface area (Å²) in [5.74, 6) is 0.241. The van der Waals surface area contributed by atoms with Gasteiger partial charge in [-0.2, -0.15) is 5.10 Å². The second-order valence-corrected chi connectivity index (χ2v) is 11.1. The average Bonchev–Trinajstić information content (AvgIpc) is 3.14. The smallest absolute Gasteiger partial charge is 0.343 e. The third kappa shape index (κ3) is 4.13. The number of pyridine rings is 1. The van der Waals surface area contributed by atoms with Crippen LogP contribution in [-0.4, -0.2) is 39.2 Å². The molecule has 1 aromatic carbocycles. The van der Waals surface area contributed by atoms with Crippen molar-refractivity contribution in [2.24, 2.45) is 11.3 Å². The molecular formula is C27H32FN3O4. The maximum atomic E-state index is 13.9. The second kappa shape index (κ2) is 8.21. The van der Waals surface area contributed by atoms with E-state index in [2.05, 4.69) is 20.8 Å². The van der Waals surface area contributed by atoms with E-state index in [1.165, 1.54) is 6.07 Å². The molecule has 0 saturated heterocycles. The zero-order chi connectivity index (χ0) is 25.1. The number of hydrogen-bond acceptors (Lipinski definition) is 5. The van der Waals surface area contributed by atoms with Crippen LogP contribution in [0.5, 0.6) is 5.75 Å². The zero-order valence-corrected chi connectivity index (χ0v) is 20.9. The first kappa shape index (κ1) is 23.6. The highest BCUT2D eigenvalue weighted by Crippen LogP contribution is 2.44. The number of nitrogens with zero attached hydrogens (tertiary/aromatic N) is 3. The van der Waals surface area contributed by atoms with E-state index < -0.39 is 11.6 Å². The summed E-state index contributed by atoms with van der Waals surface area (Å²) in [6.07, 6.45) is 2.66. The van der Waals surface area contributed by atoms with Crippen molar-refractivity contribution in [2.45, 2.75) is 65.7 Å². The molecule has 0 N–H and O–H groups in total. The Morgan fingerprint density at radius 2 is 2.03 bits per heavy atom. The molecular weight excluding hydrogens is 449 g/mol. The van der Waals surface area contributed by atoms with Crippen molar-refractivity contribution < 1.29 is 18.7 Å². The molecule has 7 nitrogen and oxygen atoms in total. The molecule has 0 bridgehead atoms. The Kier molecular flexibility index (Phi) is 5.53. The van der Waals surface area contributed by atoms with Crippen LogP contribution in [0.4, 0.5) is 4.39 Å². The summed E-state index contributed by atoms with van der Waals surface area (Å²) >= 11 is 0. The summed E-state index contributed by atoms with van der Waals surface area (Å²) in [7, 11) is 0. The van der Waals surface area contributed by atoms with Gasteiger partial charge in [0.2, 0.25) is 0 Å². The molecule has 3 aromatic rings. The third-order valence-corrected chi connectivity index (χ3v) is 7.13. The number of alkyl halides is 1. The van der Waals surface area contributed by atoms with E-state index in [9.17, 15) is 14.0 Å². The van der Waals surface area contributed by atoms with Gasteiger partial charge in [0.25, 0.3) is 0 Å². The molecule has 8 heteroatoms. The molecule has 1 fully saturated rings. The maximum Gasteiger partial charge on any atom is 0.343 e. The first-order valence-corrected chi connectivity index (χ1v) is 12.2. The molecule has 0 amide bonds. The number of benzene rings is 1. The topological polar surface area (TPSA) is 75.3 Å². The Labute approximate surface area is 203 Å². The molecule has 5 rings (SSSR count). The predicted octanol–water partition coefficient (Wildman–Crippen LogP) is 5.16. The van der Waals surface area contributed by atoms with Crippen LogP contribution in [-0.2, 0) is 11.3 Å². The van der Waals surface area contributed by atoms with Gasteiger partial charge in [-0.3, -0.25) is 9.48 Å². The van der Waals surface area contributed by atoms with E-state index in [0.29, 0.717) is 43.0 Å². The lowest BCUT2D eigenvalue weighted by Gasteiger charge is -2.38. The molecule has 2 aliphatic rings. The number of carbonyl (C=O) groups is 1. The van der Waals surface area contributed by atoms with Gasteiger partial charge in [0, 0.05) is 17.6 Å². The molecule has 186 valence electrons. The van der Waals surface area contributed by atoms with E-state index in [-0.39, 0.29) is 35.0 Å². The van der Waals surface area contributed by atoms with E-state index in [0.717, 1.165) is 11.1 Å².